The minimum atomic E-state index is -0.498. The Bertz CT molecular complexity index is 626. The topological polar surface area (TPSA) is 83.8 Å². The zero-order valence-corrected chi connectivity index (χ0v) is 10.9. The summed E-state index contributed by atoms with van der Waals surface area (Å²) in [5.74, 6) is -0.975. The molecule has 0 aliphatic rings. The molecule has 19 heavy (non-hydrogen) atoms. The molecule has 5 nitrogen and oxygen atoms in total. The zero-order valence-electron chi connectivity index (χ0n) is 10.1. The smallest absolute Gasteiger partial charge is 0.278 e. The number of H-pyrrole nitrogens is 1. The van der Waals surface area contributed by atoms with Gasteiger partial charge < -0.3 is 11.1 Å². The number of nitrogens with zero attached hydrogens (tertiary/aromatic N) is 1. The summed E-state index contributed by atoms with van der Waals surface area (Å²) in [4.78, 5) is 12.0. The summed E-state index contributed by atoms with van der Waals surface area (Å²) in [6.07, 6.45) is 0.642. The third kappa shape index (κ3) is 2.68. The number of carbonyl (C=O) groups is 1. The Morgan fingerprint density at radius 3 is 2.89 bits per heavy atom. The highest BCUT2D eigenvalue weighted by Crippen LogP contribution is 2.24. The van der Waals surface area contributed by atoms with E-state index in [4.69, 9.17) is 17.3 Å². The van der Waals surface area contributed by atoms with Crippen molar-refractivity contribution < 1.29 is 9.18 Å². The normalized spacial score (nSPS) is 10.5. The molecule has 0 radical (unpaired) electrons. The van der Waals surface area contributed by atoms with E-state index in [1.807, 2.05) is 6.92 Å². The van der Waals surface area contributed by atoms with Gasteiger partial charge in [0.15, 0.2) is 5.69 Å². The summed E-state index contributed by atoms with van der Waals surface area (Å²) < 4.78 is 12.9. The van der Waals surface area contributed by atoms with Crippen molar-refractivity contribution in [3.05, 3.63) is 40.4 Å². The molecular weight excluding hydrogens is 271 g/mol. The van der Waals surface area contributed by atoms with E-state index in [2.05, 4.69) is 15.5 Å². The molecule has 0 bridgehead atoms. The molecule has 0 spiro atoms. The third-order valence-corrected chi connectivity index (χ3v) is 2.94. The van der Waals surface area contributed by atoms with Crippen LogP contribution in [0.5, 0.6) is 0 Å². The molecule has 0 aliphatic carbocycles. The first-order valence-electron chi connectivity index (χ1n) is 5.62. The number of hydrogen-bond donors (Lipinski definition) is 3. The average molecular weight is 283 g/mol. The van der Waals surface area contributed by atoms with Crippen LogP contribution in [0.3, 0.4) is 0 Å². The van der Waals surface area contributed by atoms with Gasteiger partial charge in [0.05, 0.1) is 22.1 Å². The minimum absolute atomic E-state index is 0.0947. The monoisotopic (exact) mass is 282 g/mol. The van der Waals surface area contributed by atoms with Crippen LogP contribution in [0.15, 0.2) is 18.2 Å². The summed E-state index contributed by atoms with van der Waals surface area (Å²) in [6, 6.07) is 3.69. The van der Waals surface area contributed by atoms with Gasteiger partial charge in [-0.1, -0.05) is 18.5 Å². The molecule has 0 saturated carbocycles. The van der Waals surface area contributed by atoms with Gasteiger partial charge in [0.2, 0.25) is 0 Å². The zero-order chi connectivity index (χ0) is 14.0. The summed E-state index contributed by atoms with van der Waals surface area (Å²) in [5.41, 5.74) is 7.17. The van der Waals surface area contributed by atoms with Crippen LogP contribution in [0, 0.1) is 5.82 Å². The highest BCUT2D eigenvalue weighted by atomic mass is 35.5. The van der Waals surface area contributed by atoms with Crippen molar-refractivity contribution in [2.75, 3.05) is 11.1 Å². The molecule has 0 saturated heterocycles. The lowest BCUT2D eigenvalue weighted by Crippen LogP contribution is -2.14. The minimum Gasteiger partial charge on any atom is -0.395 e. The second-order valence-electron chi connectivity index (χ2n) is 3.90. The number of nitrogens with two attached hydrogens (primary N) is 1. The van der Waals surface area contributed by atoms with Crippen LogP contribution < -0.4 is 11.1 Å². The van der Waals surface area contributed by atoms with E-state index in [-0.39, 0.29) is 10.7 Å². The number of nitrogens with one attached hydrogen (secondary N) is 2. The Kier molecular flexibility index (Phi) is 3.71. The van der Waals surface area contributed by atoms with E-state index in [0.717, 1.165) is 6.07 Å². The van der Waals surface area contributed by atoms with Crippen molar-refractivity contribution in [2.45, 2.75) is 13.3 Å². The molecule has 1 aromatic heterocycles. The molecule has 0 atom stereocenters. The SMILES string of the molecule is CCc1[nH]nc(C(=O)Nc2ccc(F)cc2Cl)c1N. The first-order valence-corrected chi connectivity index (χ1v) is 5.99. The van der Waals surface area contributed by atoms with E-state index in [0.29, 0.717) is 23.5 Å². The first-order chi connectivity index (χ1) is 9.02. The van der Waals surface area contributed by atoms with E-state index in [1.165, 1.54) is 12.1 Å². The Morgan fingerprint density at radius 2 is 2.32 bits per heavy atom. The number of carbonyl (C=O) groups excluding carboxylic acids is 1. The largest absolute Gasteiger partial charge is 0.395 e. The first kappa shape index (κ1) is 13.4. The number of anilines is 2. The van der Waals surface area contributed by atoms with Gasteiger partial charge in [0, 0.05) is 0 Å². The molecule has 0 unspecified atom stereocenters. The molecule has 1 amide bonds. The Morgan fingerprint density at radius 1 is 1.58 bits per heavy atom. The molecule has 1 heterocycles. The summed E-state index contributed by atoms with van der Waals surface area (Å²) in [7, 11) is 0. The van der Waals surface area contributed by atoms with Gasteiger partial charge >= 0.3 is 0 Å². The lowest BCUT2D eigenvalue weighted by Gasteiger charge is -2.06. The summed E-state index contributed by atoms with van der Waals surface area (Å²) in [6.45, 7) is 1.89. The Balaban J connectivity index is 2.23. The highest BCUT2D eigenvalue weighted by molar-refractivity contribution is 6.34. The van der Waals surface area contributed by atoms with Gasteiger partial charge in [-0.2, -0.15) is 5.10 Å². The number of amides is 1. The number of aromatic amines is 1. The van der Waals surface area contributed by atoms with E-state index in [9.17, 15) is 9.18 Å². The van der Waals surface area contributed by atoms with Crippen molar-refractivity contribution >= 4 is 28.9 Å². The molecule has 100 valence electrons. The maximum absolute atomic E-state index is 12.9. The Labute approximate surface area is 114 Å². The van der Waals surface area contributed by atoms with Crippen molar-refractivity contribution in [3.63, 3.8) is 0 Å². The maximum Gasteiger partial charge on any atom is 0.278 e. The lowest BCUT2D eigenvalue weighted by molar-refractivity contribution is 0.102. The number of halogens is 2. The fourth-order valence-electron chi connectivity index (χ4n) is 1.60. The molecule has 2 rings (SSSR count). The number of nitrogen functional groups attached to an aromatic ring is 1. The molecule has 4 N–H and O–H groups in total. The van der Waals surface area contributed by atoms with Gasteiger partial charge in [-0.3, -0.25) is 9.89 Å². The summed E-state index contributed by atoms with van der Waals surface area (Å²) in [5, 5.41) is 9.18. The molecule has 7 heteroatoms. The van der Waals surface area contributed by atoms with Gasteiger partial charge in [-0.05, 0) is 24.6 Å². The second-order valence-corrected chi connectivity index (χ2v) is 4.30. The predicted molar refractivity (Wildman–Crippen MR) is 71.7 cm³/mol. The van der Waals surface area contributed by atoms with Crippen LogP contribution in [0.1, 0.15) is 23.1 Å². The number of aromatic nitrogens is 2. The molecular formula is C12H12ClFN4O. The highest BCUT2D eigenvalue weighted by Gasteiger charge is 2.17. The summed E-state index contributed by atoms with van der Waals surface area (Å²) >= 11 is 5.82. The Hall–Kier alpha value is -2.08. The fourth-order valence-corrected chi connectivity index (χ4v) is 1.82. The van der Waals surface area contributed by atoms with Crippen LogP contribution in [0.4, 0.5) is 15.8 Å². The van der Waals surface area contributed by atoms with Crippen LogP contribution in [-0.2, 0) is 6.42 Å². The van der Waals surface area contributed by atoms with Crippen molar-refractivity contribution in [3.8, 4) is 0 Å². The molecule has 2 aromatic rings. The molecule has 0 fully saturated rings. The number of rotatable bonds is 3. The van der Waals surface area contributed by atoms with E-state index >= 15 is 0 Å². The van der Waals surface area contributed by atoms with E-state index in [1.54, 1.807) is 0 Å². The van der Waals surface area contributed by atoms with E-state index < -0.39 is 11.7 Å². The van der Waals surface area contributed by atoms with Gasteiger partial charge in [0.1, 0.15) is 5.82 Å². The quantitative estimate of drug-likeness (QED) is 0.809. The average Bonchev–Trinajstić information content (AvgIpc) is 2.74. The standard InChI is InChI=1S/C12H12ClFN4O/c1-2-8-10(15)11(18-17-8)12(19)16-9-4-3-6(14)5-7(9)13/h3-5H,2,15H2,1H3,(H,16,19)(H,17,18). The molecule has 1 aromatic carbocycles. The number of aryl methyl sites for hydroxylation is 1. The van der Waals surface area contributed by atoms with Crippen molar-refractivity contribution in [1.82, 2.24) is 10.2 Å². The lowest BCUT2D eigenvalue weighted by atomic mass is 10.2. The fraction of sp³-hybridized carbons (Fsp3) is 0.167. The van der Waals surface area contributed by atoms with Crippen LogP contribution in [0.2, 0.25) is 5.02 Å². The van der Waals surface area contributed by atoms with Crippen molar-refractivity contribution in [1.29, 1.82) is 0 Å². The second kappa shape index (κ2) is 5.27. The van der Waals surface area contributed by atoms with Crippen LogP contribution in [0.25, 0.3) is 0 Å². The van der Waals surface area contributed by atoms with Crippen LogP contribution >= 0.6 is 11.6 Å². The van der Waals surface area contributed by atoms with Gasteiger partial charge in [-0.25, -0.2) is 4.39 Å². The predicted octanol–water partition coefficient (Wildman–Crippen LogP) is 2.60. The third-order valence-electron chi connectivity index (χ3n) is 2.63. The van der Waals surface area contributed by atoms with Gasteiger partial charge in [0.25, 0.3) is 5.91 Å². The van der Waals surface area contributed by atoms with Gasteiger partial charge in [-0.15, -0.1) is 0 Å². The maximum atomic E-state index is 12.9. The van der Waals surface area contributed by atoms with Crippen molar-refractivity contribution in [2.24, 2.45) is 0 Å². The number of benzene rings is 1. The number of hydrogen-bond acceptors (Lipinski definition) is 3. The molecule has 0 aliphatic heterocycles. The van der Waals surface area contributed by atoms with Crippen LogP contribution in [-0.4, -0.2) is 16.1 Å².